The molecular formula is C21H30O2. The first-order chi connectivity index (χ1) is 10.6. The monoisotopic (exact) mass is 314 g/mol. The fraction of sp³-hybridized carbons (Fsp3) is 0.571. The van der Waals surface area contributed by atoms with Crippen molar-refractivity contribution in [2.45, 2.75) is 60.0 Å². The van der Waals surface area contributed by atoms with Crippen molar-refractivity contribution in [3.05, 3.63) is 47.1 Å². The number of Topliss-reactive ketones (excluding diaryl/α,β-unsaturated/α-hetero) is 1. The zero-order valence-corrected chi connectivity index (χ0v) is 15.1. The molecule has 0 amide bonds. The minimum atomic E-state index is -0.489. The summed E-state index contributed by atoms with van der Waals surface area (Å²) in [7, 11) is 0. The van der Waals surface area contributed by atoms with Crippen molar-refractivity contribution in [3.8, 4) is 0 Å². The Morgan fingerprint density at radius 2 is 1.83 bits per heavy atom. The van der Waals surface area contributed by atoms with Crippen LogP contribution >= 0.6 is 0 Å². The van der Waals surface area contributed by atoms with Gasteiger partial charge in [-0.25, -0.2) is 0 Å². The minimum absolute atomic E-state index is 0.0177. The van der Waals surface area contributed by atoms with Crippen molar-refractivity contribution in [1.82, 2.24) is 0 Å². The molecule has 0 aliphatic heterocycles. The molecule has 2 aliphatic carbocycles. The maximum Gasteiger partial charge on any atom is 0.187 e. The summed E-state index contributed by atoms with van der Waals surface area (Å²) in [4.78, 5) is 12.5. The first kappa shape index (κ1) is 17.9. The summed E-state index contributed by atoms with van der Waals surface area (Å²) in [5, 5.41) is 10.2. The molecule has 2 heteroatoms. The summed E-state index contributed by atoms with van der Waals surface area (Å²) in [5.74, 6) is 1.09. The quantitative estimate of drug-likeness (QED) is 0.516. The van der Waals surface area contributed by atoms with Gasteiger partial charge in [-0.3, -0.25) is 4.79 Å². The molecule has 0 aromatic rings. The van der Waals surface area contributed by atoms with Crippen LogP contribution in [0.2, 0.25) is 0 Å². The molecule has 3 unspecified atom stereocenters. The molecule has 2 rings (SSSR count). The zero-order chi connectivity index (χ0) is 17.4. The van der Waals surface area contributed by atoms with Crippen LogP contribution in [0, 0.1) is 17.3 Å². The van der Waals surface area contributed by atoms with E-state index in [-0.39, 0.29) is 11.2 Å². The van der Waals surface area contributed by atoms with E-state index in [1.54, 1.807) is 0 Å². The highest BCUT2D eigenvalue weighted by atomic mass is 16.3. The lowest BCUT2D eigenvalue weighted by molar-refractivity contribution is -0.111. The van der Waals surface area contributed by atoms with Gasteiger partial charge in [0.05, 0.1) is 6.10 Å². The van der Waals surface area contributed by atoms with Crippen molar-refractivity contribution >= 4 is 5.78 Å². The second kappa shape index (κ2) is 6.60. The van der Waals surface area contributed by atoms with Gasteiger partial charge in [-0.1, -0.05) is 49.8 Å². The van der Waals surface area contributed by atoms with Gasteiger partial charge >= 0.3 is 0 Å². The van der Waals surface area contributed by atoms with Crippen LogP contribution in [-0.4, -0.2) is 17.0 Å². The van der Waals surface area contributed by atoms with Crippen LogP contribution < -0.4 is 0 Å². The highest BCUT2D eigenvalue weighted by Gasteiger charge is 2.55. The smallest absolute Gasteiger partial charge is 0.187 e. The third kappa shape index (κ3) is 4.11. The fourth-order valence-electron chi connectivity index (χ4n) is 3.87. The van der Waals surface area contributed by atoms with Gasteiger partial charge in [0.1, 0.15) is 0 Å². The van der Waals surface area contributed by atoms with Crippen LogP contribution in [0.3, 0.4) is 0 Å². The predicted octanol–water partition coefficient (Wildman–Crippen LogP) is 4.77. The van der Waals surface area contributed by atoms with Gasteiger partial charge in [0.15, 0.2) is 5.78 Å². The SMILES string of the molecule is C=C1C=C(C)CC(O)C=C(C)CCC2C(C=C(C)C1=O)C2(C)C. The molecule has 3 atom stereocenters. The number of hydrogen-bond donors (Lipinski definition) is 1. The maximum atomic E-state index is 12.5. The number of aliphatic hydroxyl groups excluding tert-OH is 1. The van der Waals surface area contributed by atoms with Crippen LogP contribution in [0.15, 0.2) is 47.1 Å². The number of fused-ring (bicyclic) bond motifs is 1. The average Bonchev–Trinajstić information content (AvgIpc) is 2.94. The summed E-state index contributed by atoms with van der Waals surface area (Å²) in [6.45, 7) is 14.4. The number of allylic oxidation sites excluding steroid dienone is 5. The van der Waals surface area contributed by atoms with E-state index in [1.165, 1.54) is 5.57 Å². The van der Waals surface area contributed by atoms with Crippen LogP contribution in [0.4, 0.5) is 0 Å². The van der Waals surface area contributed by atoms with Crippen molar-refractivity contribution in [2.24, 2.45) is 17.3 Å². The van der Waals surface area contributed by atoms with E-state index in [0.29, 0.717) is 23.8 Å². The lowest BCUT2D eigenvalue weighted by Gasteiger charge is -2.10. The van der Waals surface area contributed by atoms with Gasteiger partial charge in [-0.15, -0.1) is 0 Å². The fourth-order valence-corrected chi connectivity index (χ4v) is 3.87. The lowest BCUT2D eigenvalue weighted by atomic mass is 9.98. The Labute approximate surface area is 140 Å². The summed E-state index contributed by atoms with van der Waals surface area (Å²) in [6, 6.07) is 0. The maximum absolute atomic E-state index is 12.5. The Morgan fingerprint density at radius 3 is 2.48 bits per heavy atom. The molecule has 1 saturated carbocycles. The molecule has 1 fully saturated rings. The molecule has 1 N–H and O–H groups in total. The average molecular weight is 314 g/mol. The van der Waals surface area contributed by atoms with E-state index in [1.807, 2.05) is 26.0 Å². The first-order valence-electron chi connectivity index (χ1n) is 8.57. The minimum Gasteiger partial charge on any atom is -0.389 e. The Kier molecular flexibility index (Phi) is 5.15. The molecule has 2 aliphatic rings. The number of carbonyl (C=O) groups is 1. The standard InChI is InChI=1S/C21H30O2/c1-13-7-8-18-19(21(18,5)6)12-16(4)20(23)15(3)9-14(2)11-17(22)10-13/h9-10,12,17-19,22H,3,7-8,11H2,1-2,4-6H3. The van der Waals surface area contributed by atoms with Crippen LogP contribution in [0.5, 0.6) is 0 Å². The predicted molar refractivity (Wildman–Crippen MR) is 96.0 cm³/mol. The highest BCUT2D eigenvalue weighted by molar-refractivity contribution is 6.09. The van der Waals surface area contributed by atoms with Gasteiger partial charge in [0.2, 0.25) is 0 Å². The molecule has 0 spiro atoms. The Morgan fingerprint density at radius 1 is 1.17 bits per heavy atom. The Balaban J connectivity index is 2.32. The Hall–Kier alpha value is -1.41. The molecule has 23 heavy (non-hydrogen) atoms. The number of carbonyl (C=O) groups excluding carboxylic acids is 1. The van der Waals surface area contributed by atoms with Crippen LogP contribution in [0.1, 0.15) is 53.9 Å². The van der Waals surface area contributed by atoms with Gasteiger partial charge < -0.3 is 5.11 Å². The van der Waals surface area contributed by atoms with E-state index in [9.17, 15) is 9.90 Å². The Bertz CT molecular complexity index is 601. The van der Waals surface area contributed by atoms with Gasteiger partial charge in [0, 0.05) is 5.57 Å². The third-order valence-corrected chi connectivity index (χ3v) is 5.50. The zero-order valence-electron chi connectivity index (χ0n) is 15.1. The number of hydrogen-bond acceptors (Lipinski definition) is 2. The van der Waals surface area contributed by atoms with E-state index in [0.717, 1.165) is 24.0 Å². The molecule has 0 saturated heterocycles. The van der Waals surface area contributed by atoms with E-state index in [4.69, 9.17) is 0 Å². The molecule has 126 valence electrons. The molecule has 0 aromatic heterocycles. The van der Waals surface area contributed by atoms with Crippen molar-refractivity contribution in [3.63, 3.8) is 0 Å². The van der Waals surface area contributed by atoms with Crippen molar-refractivity contribution in [2.75, 3.05) is 0 Å². The van der Waals surface area contributed by atoms with E-state index >= 15 is 0 Å². The molecule has 0 heterocycles. The molecule has 0 radical (unpaired) electrons. The number of ketones is 1. The van der Waals surface area contributed by atoms with Crippen molar-refractivity contribution < 1.29 is 9.90 Å². The number of aliphatic hydroxyl groups is 1. The van der Waals surface area contributed by atoms with Crippen LogP contribution in [-0.2, 0) is 4.79 Å². The largest absolute Gasteiger partial charge is 0.389 e. The number of rotatable bonds is 0. The third-order valence-electron chi connectivity index (χ3n) is 5.50. The molecule has 0 aromatic carbocycles. The van der Waals surface area contributed by atoms with Gasteiger partial charge in [0.25, 0.3) is 0 Å². The molecular weight excluding hydrogens is 284 g/mol. The second-order valence-electron chi connectivity index (χ2n) is 7.97. The lowest BCUT2D eigenvalue weighted by Crippen LogP contribution is -2.06. The molecule has 0 bridgehead atoms. The summed E-state index contributed by atoms with van der Waals surface area (Å²) in [5.41, 5.74) is 3.79. The normalized spacial score (nSPS) is 32.3. The topological polar surface area (TPSA) is 37.3 Å². The first-order valence-corrected chi connectivity index (χ1v) is 8.57. The highest BCUT2D eigenvalue weighted by Crippen LogP contribution is 2.61. The van der Waals surface area contributed by atoms with Gasteiger partial charge in [-0.2, -0.15) is 0 Å². The van der Waals surface area contributed by atoms with E-state index < -0.39 is 6.10 Å². The van der Waals surface area contributed by atoms with Crippen LogP contribution in [0.25, 0.3) is 0 Å². The summed E-state index contributed by atoms with van der Waals surface area (Å²) < 4.78 is 0. The van der Waals surface area contributed by atoms with Gasteiger partial charge in [-0.05, 0) is 62.9 Å². The molecule has 2 nitrogen and oxygen atoms in total. The van der Waals surface area contributed by atoms with Crippen molar-refractivity contribution in [1.29, 1.82) is 0 Å². The van der Waals surface area contributed by atoms with E-state index in [2.05, 4.69) is 33.4 Å². The summed E-state index contributed by atoms with van der Waals surface area (Å²) in [6.07, 6.45) is 8.10. The second-order valence-corrected chi connectivity index (χ2v) is 7.97. The summed E-state index contributed by atoms with van der Waals surface area (Å²) >= 11 is 0.